The molecule has 0 rings (SSSR count). The first-order valence-corrected chi connectivity index (χ1v) is 10.3. The van der Waals surface area contributed by atoms with Crippen molar-refractivity contribution in [2.75, 3.05) is 26.4 Å². The van der Waals surface area contributed by atoms with Crippen molar-refractivity contribution < 1.29 is 31.4 Å². The van der Waals surface area contributed by atoms with Crippen LogP contribution in [-0.2, 0) is 31.4 Å². The molecule has 0 aromatic carbocycles. The summed E-state index contributed by atoms with van der Waals surface area (Å²) in [6, 6.07) is 0. The van der Waals surface area contributed by atoms with Crippen molar-refractivity contribution in [3.8, 4) is 0 Å². The molecule has 4 nitrogen and oxygen atoms in total. The third kappa shape index (κ3) is 10.00. The molecule has 0 atom stereocenters. The first kappa shape index (κ1) is 19.6. The van der Waals surface area contributed by atoms with Crippen molar-refractivity contribution in [1.82, 2.24) is 0 Å². The Balaban J connectivity index is 4.44. The number of unbranched alkanes of at least 4 members (excludes halogenated alkanes) is 2. The fraction of sp³-hybridized carbons (Fsp3) is 1.00. The van der Waals surface area contributed by atoms with Crippen LogP contribution in [0.25, 0.3) is 0 Å². The van der Waals surface area contributed by atoms with Gasteiger partial charge in [0, 0.05) is 0 Å². The van der Waals surface area contributed by atoms with Gasteiger partial charge in [0.2, 0.25) is 0 Å². The predicted octanol–water partition coefficient (Wildman–Crippen LogP) is 4.29. The van der Waals surface area contributed by atoms with Gasteiger partial charge in [-0.1, -0.05) is 0 Å². The molecule has 5 heteroatoms. The van der Waals surface area contributed by atoms with E-state index in [1.807, 2.05) is 0 Å². The van der Waals surface area contributed by atoms with Gasteiger partial charge >= 0.3 is 124 Å². The minimum atomic E-state index is -3.48. The second-order valence-electron chi connectivity index (χ2n) is 4.60. The second kappa shape index (κ2) is 13.5. The quantitative estimate of drug-likeness (QED) is 0.354. The zero-order chi connectivity index (χ0) is 14.4. The third-order valence-corrected chi connectivity index (χ3v) is 6.00. The second-order valence-corrected chi connectivity index (χ2v) is 7.97. The van der Waals surface area contributed by atoms with Gasteiger partial charge in [-0.2, -0.15) is 0 Å². The summed E-state index contributed by atoms with van der Waals surface area (Å²) in [5.41, 5.74) is 0. The minimum absolute atomic E-state index is 0.655. The van der Waals surface area contributed by atoms with Crippen LogP contribution in [0.4, 0.5) is 0 Å². The first-order valence-electron chi connectivity index (χ1n) is 7.80. The Labute approximate surface area is 124 Å². The summed E-state index contributed by atoms with van der Waals surface area (Å²) < 4.78 is 23.7. The van der Waals surface area contributed by atoms with Gasteiger partial charge in [0.1, 0.15) is 0 Å². The van der Waals surface area contributed by atoms with Crippen molar-refractivity contribution >= 4 is 0 Å². The summed E-state index contributed by atoms with van der Waals surface area (Å²) in [6.45, 7) is 11.1. The molecule has 19 heavy (non-hydrogen) atoms. The number of hydrogen-bond acceptors (Lipinski definition) is 4. The van der Waals surface area contributed by atoms with Crippen LogP contribution in [0.3, 0.4) is 0 Å². The van der Waals surface area contributed by atoms with Gasteiger partial charge in [-0.25, -0.2) is 0 Å². The van der Waals surface area contributed by atoms with Crippen LogP contribution < -0.4 is 0 Å². The summed E-state index contributed by atoms with van der Waals surface area (Å²) in [4.78, 5) is 0. The Kier molecular flexibility index (Phi) is 13.9. The Morgan fingerprint density at radius 1 is 0.526 bits per heavy atom. The normalized spacial score (nSPS) is 12.0. The molecule has 0 saturated carbocycles. The standard InChI is InChI=1S/2C4H9O.2C3H7O.Ti/c2*1-2-3-4-5;2*1-2-3-4;/h2*2-4H2,1H3;2*2-3H2,1H3;/q4*-1;+4. The summed E-state index contributed by atoms with van der Waals surface area (Å²) in [6.07, 6.45) is 6.17. The van der Waals surface area contributed by atoms with Crippen molar-refractivity contribution in [2.24, 2.45) is 0 Å². The van der Waals surface area contributed by atoms with Gasteiger partial charge in [0.15, 0.2) is 0 Å². The van der Waals surface area contributed by atoms with E-state index in [1.165, 1.54) is 0 Å². The van der Waals surface area contributed by atoms with Crippen molar-refractivity contribution in [2.45, 2.75) is 66.2 Å². The number of hydrogen-bond donors (Lipinski definition) is 0. The molecule has 0 heterocycles. The molecule has 0 spiro atoms. The van der Waals surface area contributed by atoms with E-state index in [2.05, 4.69) is 27.7 Å². The van der Waals surface area contributed by atoms with Crippen LogP contribution in [0, 0.1) is 0 Å². The van der Waals surface area contributed by atoms with Crippen molar-refractivity contribution in [3.05, 3.63) is 0 Å². The third-order valence-electron chi connectivity index (χ3n) is 2.52. The topological polar surface area (TPSA) is 36.9 Å². The summed E-state index contributed by atoms with van der Waals surface area (Å²) in [5, 5.41) is 0. The molecule has 0 fully saturated rings. The first-order chi connectivity index (χ1) is 9.24. The summed E-state index contributed by atoms with van der Waals surface area (Å²) in [7, 11) is 0. The predicted molar refractivity (Wildman–Crippen MR) is 74.2 cm³/mol. The van der Waals surface area contributed by atoms with E-state index < -0.39 is 18.1 Å². The molecule has 0 amide bonds. The van der Waals surface area contributed by atoms with E-state index >= 15 is 0 Å². The van der Waals surface area contributed by atoms with Gasteiger partial charge < -0.3 is 0 Å². The molecular weight excluding hydrogens is 280 g/mol. The van der Waals surface area contributed by atoms with E-state index in [4.69, 9.17) is 13.3 Å². The summed E-state index contributed by atoms with van der Waals surface area (Å²) in [5.74, 6) is 0. The number of rotatable bonds is 14. The molecule has 0 radical (unpaired) electrons. The van der Waals surface area contributed by atoms with E-state index in [0.717, 1.165) is 38.5 Å². The van der Waals surface area contributed by atoms with Crippen LogP contribution in [0.15, 0.2) is 0 Å². The Morgan fingerprint density at radius 2 is 0.895 bits per heavy atom. The Hall–Kier alpha value is 0.554. The molecule has 0 aliphatic heterocycles. The van der Waals surface area contributed by atoms with Crippen LogP contribution in [0.1, 0.15) is 66.2 Å². The van der Waals surface area contributed by atoms with Crippen LogP contribution >= 0.6 is 0 Å². The van der Waals surface area contributed by atoms with Crippen molar-refractivity contribution in [1.29, 1.82) is 0 Å². The van der Waals surface area contributed by atoms with E-state index in [0.29, 0.717) is 26.4 Å². The molecule has 0 saturated heterocycles. The maximum atomic E-state index is 5.94. The maximum absolute atomic E-state index is 5.94. The Bertz CT molecular complexity index is 170. The molecule has 0 aliphatic rings. The van der Waals surface area contributed by atoms with Crippen LogP contribution in [0.2, 0.25) is 0 Å². The van der Waals surface area contributed by atoms with E-state index in [9.17, 15) is 0 Å². The fourth-order valence-electron chi connectivity index (χ4n) is 1.39. The molecule has 116 valence electrons. The molecular formula is C14H32O4Ti. The molecule has 0 aromatic heterocycles. The SMILES string of the molecule is CCCC[O][Ti]([O]CCC)([O]CCC)[O]CCCC. The van der Waals surface area contributed by atoms with Crippen molar-refractivity contribution in [3.63, 3.8) is 0 Å². The van der Waals surface area contributed by atoms with Gasteiger partial charge in [0.25, 0.3) is 0 Å². The van der Waals surface area contributed by atoms with Gasteiger partial charge in [-0.3, -0.25) is 0 Å². The van der Waals surface area contributed by atoms with Crippen LogP contribution in [0.5, 0.6) is 0 Å². The Morgan fingerprint density at radius 3 is 1.21 bits per heavy atom. The zero-order valence-electron chi connectivity index (χ0n) is 13.2. The zero-order valence-corrected chi connectivity index (χ0v) is 14.8. The van der Waals surface area contributed by atoms with Gasteiger partial charge in [-0.05, 0) is 0 Å². The monoisotopic (exact) mass is 312 g/mol. The molecule has 0 N–H and O–H groups in total. The molecule has 0 unspecified atom stereocenters. The molecule has 0 aromatic rings. The molecule has 0 bridgehead atoms. The summed E-state index contributed by atoms with van der Waals surface area (Å²) >= 11 is -3.48. The average Bonchev–Trinajstić information content (AvgIpc) is 2.43. The molecule has 0 aliphatic carbocycles. The van der Waals surface area contributed by atoms with E-state index in [-0.39, 0.29) is 0 Å². The van der Waals surface area contributed by atoms with E-state index in [1.54, 1.807) is 0 Å². The average molecular weight is 312 g/mol. The van der Waals surface area contributed by atoms with Gasteiger partial charge in [0.05, 0.1) is 0 Å². The van der Waals surface area contributed by atoms with Crippen LogP contribution in [-0.4, -0.2) is 26.4 Å². The fourth-order valence-corrected chi connectivity index (χ4v) is 4.82. The van der Waals surface area contributed by atoms with Gasteiger partial charge in [-0.15, -0.1) is 0 Å².